The number of aromatic nitrogens is 1. The van der Waals surface area contributed by atoms with Gasteiger partial charge in [0.15, 0.2) is 11.9 Å². The largest absolute Gasteiger partial charge is 0.744 e. The molecule has 0 aliphatic heterocycles. The fourth-order valence-corrected chi connectivity index (χ4v) is 2.53. The van der Waals surface area contributed by atoms with Gasteiger partial charge < -0.3 is 9.66 Å². The van der Waals surface area contributed by atoms with Crippen molar-refractivity contribution < 1.29 is 28.0 Å². The van der Waals surface area contributed by atoms with E-state index < -0.39 is 15.0 Å². The Balaban J connectivity index is 0.000000186. The maximum Gasteiger partial charge on any atom is 0.283 e. The van der Waals surface area contributed by atoms with Gasteiger partial charge in [-0.2, -0.15) is 0 Å². The Morgan fingerprint density at radius 3 is 2.28 bits per heavy atom. The van der Waals surface area contributed by atoms with Crippen LogP contribution < -0.4 is 4.98 Å². The van der Waals surface area contributed by atoms with Crippen LogP contribution in [0.3, 0.4) is 0 Å². The van der Waals surface area contributed by atoms with E-state index in [1.165, 1.54) is 24.3 Å². The molecular weight excluding hydrogens is 348 g/mol. The maximum absolute atomic E-state index is 10.6. The van der Waals surface area contributed by atoms with Crippen LogP contribution in [0, 0.1) is 17.0 Å². The minimum atomic E-state index is -4.27. The molecule has 1 heterocycles. The number of hydrogen-bond acceptors (Lipinski definition) is 6. The maximum atomic E-state index is 10.6. The van der Waals surface area contributed by atoms with Crippen molar-refractivity contribution in [3.05, 3.63) is 70.4 Å². The number of aromatic hydroxyl groups is 1. The molecule has 3 rings (SSSR count). The standard InChI is InChI=1S/C9H6N2O3.C7H8O3S/c12-8-4-3-7(11(13)14)6-2-1-5-10-9(6)8;1-6-2-4-7(5-3-6)11(8,9)10/h1-5,12H;2-5H,1H3,(H,8,9,10). The van der Waals surface area contributed by atoms with Crippen molar-refractivity contribution in [2.45, 2.75) is 11.8 Å². The van der Waals surface area contributed by atoms with Gasteiger partial charge in [0.2, 0.25) is 0 Å². The molecule has 0 amide bonds. The zero-order valence-corrected chi connectivity index (χ0v) is 13.9. The number of benzene rings is 2. The van der Waals surface area contributed by atoms with Crippen molar-refractivity contribution in [1.82, 2.24) is 0 Å². The van der Waals surface area contributed by atoms with Crippen LogP contribution >= 0.6 is 0 Å². The van der Waals surface area contributed by atoms with Crippen molar-refractivity contribution in [3.63, 3.8) is 0 Å². The average molecular weight is 362 g/mol. The Morgan fingerprint density at radius 1 is 1.08 bits per heavy atom. The van der Waals surface area contributed by atoms with Crippen LogP contribution in [0.2, 0.25) is 0 Å². The summed E-state index contributed by atoms with van der Waals surface area (Å²) in [5, 5.41) is 20.5. The molecule has 0 aliphatic carbocycles. The van der Waals surface area contributed by atoms with Gasteiger partial charge in [-0.05, 0) is 31.2 Å². The third kappa shape index (κ3) is 4.49. The highest BCUT2D eigenvalue weighted by Gasteiger charge is 2.17. The number of fused-ring (bicyclic) bond motifs is 1. The first-order chi connectivity index (χ1) is 11.7. The molecule has 0 spiro atoms. The molecular formula is C16H14N2O6S. The number of nitrogens with one attached hydrogen (secondary N) is 1. The van der Waals surface area contributed by atoms with E-state index in [4.69, 9.17) is 0 Å². The molecule has 3 aromatic rings. The van der Waals surface area contributed by atoms with Crippen LogP contribution in [0.4, 0.5) is 5.69 Å². The van der Waals surface area contributed by atoms with Crippen LogP contribution in [0.25, 0.3) is 10.9 Å². The molecule has 130 valence electrons. The minimum Gasteiger partial charge on any atom is -0.744 e. The van der Waals surface area contributed by atoms with Crippen molar-refractivity contribution in [1.29, 1.82) is 0 Å². The summed E-state index contributed by atoms with van der Waals surface area (Å²) in [4.78, 5) is 12.7. The summed E-state index contributed by atoms with van der Waals surface area (Å²) in [6.07, 6.45) is 1.60. The first kappa shape index (κ1) is 18.3. The molecule has 0 aliphatic rings. The van der Waals surface area contributed by atoms with Crippen molar-refractivity contribution >= 4 is 26.7 Å². The van der Waals surface area contributed by atoms with Gasteiger partial charge >= 0.3 is 0 Å². The Hall–Kier alpha value is -3.04. The third-order valence-corrected chi connectivity index (χ3v) is 4.14. The summed E-state index contributed by atoms with van der Waals surface area (Å²) in [5.41, 5.74) is 1.29. The second-order valence-corrected chi connectivity index (χ2v) is 6.47. The normalized spacial score (nSPS) is 10.8. The number of phenols is 1. The quantitative estimate of drug-likeness (QED) is 0.422. The summed E-state index contributed by atoms with van der Waals surface area (Å²) >= 11 is 0. The molecule has 0 atom stereocenters. The van der Waals surface area contributed by atoms with E-state index in [1.807, 2.05) is 6.92 Å². The highest BCUT2D eigenvalue weighted by atomic mass is 32.2. The Labute approximate surface area is 143 Å². The summed E-state index contributed by atoms with van der Waals surface area (Å²) in [7, 11) is -4.27. The Bertz CT molecular complexity index is 1020. The monoisotopic (exact) mass is 362 g/mol. The molecule has 2 N–H and O–H groups in total. The van der Waals surface area contributed by atoms with Crippen LogP contribution in [-0.2, 0) is 10.1 Å². The molecule has 2 aromatic carbocycles. The van der Waals surface area contributed by atoms with Gasteiger partial charge in [0.05, 0.1) is 9.82 Å². The number of hydrogen-bond donors (Lipinski definition) is 1. The molecule has 1 aromatic heterocycles. The molecule has 25 heavy (non-hydrogen) atoms. The molecule has 0 saturated carbocycles. The molecule has 0 fully saturated rings. The number of nitro groups is 1. The first-order valence-electron chi connectivity index (χ1n) is 6.99. The number of non-ortho nitro benzene ring substituents is 1. The fraction of sp³-hybridized carbons (Fsp3) is 0.0625. The first-order valence-corrected chi connectivity index (χ1v) is 8.40. The van der Waals surface area contributed by atoms with E-state index in [-0.39, 0.29) is 16.3 Å². The minimum absolute atomic E-state index is 0.00574. The highest BCUT2D eigenvalue weighted by Crippen LogP contribution is 2.28. The van der Waals surface area contributed by atoms with Gasteiger partial charge in [-0.1, -0.05) is 17.7 Å². The van der Waals surface area contributed by atoms with Gasteiger partial charge in [-0.3, -0.25) is 10.1 Å². The Kier molecular flexibility index (Phi) is 5.30. The second kappa shape index (κ2) is 7.24. The smallest absolute Gasteiger partial charge is 0.283 e. The van der Waals surface area contributed by atoms with Crippen LogP contribution in [0.15, 0.2) is 59.6 Å². The second-order valence-electron chi connectivity index (χ2n) is 5.09. The lowest BCUT2D eigenvalue weighted by molar-refractivity contribution is -0.384. The van der Waals surface area contributed by atoms with Gasteiger partial charge in [0.25, 0.3) is 11.2 Å². The van der Waals surface area contributed by atoms with Crippen LogP contribution in [0.5, 0.6) is 5.75 Å². The molecule has 0 unspecified atom stereocenters. The number of H-pyrrole nitrogens is 1. The number of pyridine rings is 1. The number of nitro benzene ring substituents is 1. The van der Waals surface area contributed by atoms with E-state index in [2.05, 4.69) is 4.98 Å². The number of phenolic OH excluding ortho intramolecular Hbond substituents is 1. The predicted molar refractivity (Wildman–Crippen MR) is 88.0 cm³/mol. The molecule has 0 radical (unpaired) electrons. The van der Waals surface area contributed by atoms with E-state index in [0.717, 1.165) is 5.56 Å². The molecule has 0 bridgehead atoms. The number of nitrogens with zero attached hydrogens (tertiary/aromatic N) is 1. The summed E-state index contributed by atoms with van der Waals surface area (Å²) in [6, 6.07) is 11.6. The van der Waals surface area contributed by atoms with E-state index >= 15 is 0 Å². The average Bonchev–Trinajstić information content (AvgIpc) is 2.55. The molecule has 0 saturated heterocycles. The lowest BCUT2D eigenvalue weighted by atomic mass is 10.2. The number of aromatic amines is 1. The van der Waals surface area contributed by atoms with Gasteiger partial charge in [-0.25, -0.2) is 13.4 Å². The van der Waals surface area contributed by atoms with Crippen LogP contribution in [-0.4, -0.2) is 23.0 Å². The summed E-state index contributed by atoms with van der Waals surface area (Å²) < 4.78 is 31.2. The topological polar surface area (TPSA) is 135 Å². The van der Waals surface area contributed by atoms with E-state index in [0.29, 0.717) is 10.9 Å². The predicted octanol–water partition coefficient (Wildman–Crippen LogP) is 2.17. The van der Waals surface area contributed by atoms with Crippen molar-refractivity contribution in [3.8, 4) is 5.75 Å². The number of rotatable bonds is 2. The lowest BCUT2D eigenvalue weighted by Gasteiger charge is -2.05. The number of aryl methyl sites for hydroxylation is 1. The summed E-state index contributed by atoms with van der Waals surface area (Å²) in [6.45, 7) is 1.82. The van der Waals surface area contributed by atoms with Gasteiger partial charge in [-0.15, -0.1) is 0 Å². The third-order valence-electron chi connectivity index (χ3n) is 3.29. The zero-order valence-electron chi connectivity index (χ0n) is 13.0. The lowest BCUT2D eigenvalue weighted by Crippen LogP contribution is -2.03. The highest BCUT2D eigenvalue weighted by molar-refractivity contribution is 7.85. The Morgan fingerprint density at radius 2 is 1.72 bits per heavy atom. The van der Waals surface area contributed by atoms with E-state index in [1.54, 1.807) is 30.5 Å². The molecule has 8 nitrogen and oxygen atoms in total. The van der Waals surface area contributed by atoms with Gasteiger partial charge in [0, 0.05) is 12.1 Å². The van der Waals surface area contributed by atoms with Gasteiger partial charge in [0.1, 0.15) is 15.5 Å². The molecule has 9 heteroatoms. The summed E-state index contributed by atoms with van der Waals surface area (Å²) in [5.74, 6) is 0.00574. The zero-order chi connectivity index (χ0) is 18.6. The fourth-order valence-electron chi connectivity index (χ4n) is 2.06. The van der Waals surface area contributed by atoms with Crippen molar-refractivity contribution in [2.24, 2.45) is 0 Å². The van der Waals surface area contributed by atoms with E-state index in [9.17, 15) is 28.2 Å². The SMILES string of the molecule is Cc1ccc(S(=O)(=O)[O-])cc1.O=[N+]([O-])c1ccc(O)c2[nH+]cccc12. The van der Waals surface area contributed by atoms with Crippen molar-refractivity contribution in [2.75, 3.05) is 0 Å². The van der Waals surface area contributed by atoms with Crippen LogP contribution in [0.1, 0.15) is 5.56 Å².